The molecule has 0 aliphatic rings. The number of anilines is 1. The highest BCUT2D eigenvalue weighted by atomic mass is 32.1. The third-order valence-corrected chi connectivity index (χ3v) is 5.97. The van der Waals surface area contributed by atoms with Crippen molar-refractivity contribution in [2.24, 2.45) is 0 Å². The molecule has 0 radical (unpaired) electrons. The molecule has 0 aliphatic carbocycles. The summed E-state index contributed by atoms with van der Waals surface area (Å²) in [5.41, 5.74) is 0.736. The molecule has 1 aromatic carbocycles. The van der Waals surface area contributed by atoms with Crippen LogP contribution in [0.2, 0.25) is 0 Å². The summed E-state index contributed by atoms with van der Waals surface area (Å²) in [6, 6.07) is 9.12. The van der Waals surface area contributed by atoms with E-state index in [2.05, 4.69) is 31.2 Å². The van der Waals surface area contributed by atoms with Gasteiger partial charge < -0.3 is 14.8 Å². The van der Waals surface area contributed by atoms with E-state index >= 15 is 0 Å². The number of rotatable bonds is 7. The van der Waals surface area contributed by atoms with Crippen LogP contribution in [0.4, 0.5) is 5.00 Å². The maximum atomic E-state index is 13.5. The minimum absolute atomic E-state index is 0.0134. The van der Waals surface area contributed by atoms with E-state index in [-0.39, 0.29) is 35.3 Å². The highest BCUT2D eigenvalue weighted by Crippen LogP contribution is 2.31. The predicted octanol–water partition coefficient (Wildman–Crippen LogP) is 4.30. The Morgan fingerprint density at radius 1 is 1.17 bits per heavy atom. The first-order valence-corrected chi connectivity index (χ1v) is 11.9. The molecule has 0 spiro atoms. The number of nitriles is 1. The molecular weight excluding hydrogens is 468 g/mol. The van der Waals surface area contributed by atoms with Gasteiger partial charge in [-0.25, -0.2) is 9.59 Å². The fourth-order valence-corrected chi connectivity index (χ4v) is 4.17. The number of benzene rings is 1. The van der Waals surface area contributed by atoms with Gasteiger partial charge in [-0.3, -0.25) is 4.79 Å². The summed E-state index contributed by atoms with van der Waals surface area (Å²) in [4.78, 5) is 38.1. The summed E-state index contributed by atoms with van der Waals surface area (Å²) in [5, 5.41) is 18.9. The topological polar surface area (TPSA) is 123 Å². The van der Waals surface area contributed by atoms with Gasteiger partial charge in [0.1, 0.15) is 11.1 Å². The Kier molecular flexibility index (Phi) is 7.71. The highest BCUT2D eigenvalue weighted by molar-refractivity contribution is 7.16. The molecule has 35 heavy (non-hydrogen) atoms. The molecule has 0 atom stereocenters. The normalized spacial score (nSPS) is 11.7. The van der Waals surface area contributed by atoms with Crippen molar-refractivity contribution in [3.8, 4) is 11.8 Å². The lowest BCUT2D eigenvalue weighted by Gasteiger charge is -2.19. The van der Waals surface area contributed by atoms with Gasteiger partial charge >= 0.3 is 11.9 Å². The second-order valence-corrected chi connectivity index (χ2v) is 9.35. The summed E-state index contributed by atoms with van der Waals surface area (Å²) in [6.07, 6.45) is 1.18. The quantitative estimate of drug-likeness (QED) is 0.293. The number of aromatic nitrogens is 2. The molecule has 3 rings (SSSR count). The molecule has 3 aromatic rings. The van der Waals surface area contributed by atoms with Crippen molar-refractivity contribution >= 4 is 39.0 Å². The molecule has 9 nitrogen and oxygen atoms in total. The number of hydrogen-bond acceptors (Lipinski definition) is 9. The zero-order chi connectivity index (χ0) is 25.8. The van der Waals surface area contributed by atoms with Gasteiger partial charge in [-0.05, 0) is 37.0 Å². The number of carbonyl (C=O) groups excluding carboxylic acids is 2. The first-order valence-electron chi connectivity index (χ1n) is 11.0. The zero-order valence-electron chi connectivity index (χ0n) is 20.2. The molecule has 0 amide bonds. The van der Waals surface area contributed by atoms with Gasteiger partial charge in [-0.2, -0.15) is 15.0 Å². The van der Waals surface area contributed by atoms with Crippen molar-refractivity contribution in [3.05, 3.63) is 63.0 Å². The van der Waals surface area contributed by atoms with Gasteiger partial charge in [0.2, 0.25) is 0 Å². The number of esters is 2. The van der Waals surface area contributed by atoms with Crippen molar-refractivity contribution in [2.75, 3.05) is 18.5 Å². The third-order valence-electron chi connectivity index (χ3n) is 5.06. The van der Waals surface area contributed by atoms with Crippen LogP contribution >= 0.6 is 11.3 Å². The van der Waals surface area contributed by atoms with Crippen LogP contribution < -0.4 is 10.9 Å². The van der Waals surface area contributed by atoms with E-state index in [9.17, 15) is 19.6 Å². The van der Waals surface area contributed by atoms with Crippen LogP contribution in [0, 0.1) is 11.3 Å². The monoisotopic (exact) mass is 494 g/mol. The van der Waals surface area contributed by atoms with E-state index < -0.39 is 17.5 Å². The van der Waals surface area contributed by atoms with E-state index in [1.807, 2.05) is 12.1 Å². The lowest BCUT2D eigenvalue weighted by molar-refractivity contribution is -0.138. The Bertz CT molecular complexity index is 1390. The maximum absolute atomic E-state index is 13.5. The van der Waals surface area contributed by atoms with Gasteiger partial charge in [0.15, 0.2) is 11.3 Å². The molecule has 0 aliphatic heterocycles. The fraction of sp³-hybridized carbons (Fsp3) is 0.320. The van der Waals surface area contributed by atoms with Crippen LogP contribution in [-0.2, 0) is 19.7 Å². The molecule has 0 fully saturated rings. The molecule has 182 valence electrons. The molecule has 10 heteroatoms. The number of nitrogens with zero attached hydrogens (tertiary/aromatic N) is 3. The number of ether oxygens (including phenoxy) is 2. The van der Waals surface area contributed by atoms with E-state index in [4.69, 9.17) is 9.47 Å². The van der Waals surface area contributed by atoms with Gasteiger partial charge in [0.25, 0.3) is 5.56 Å². The van der Waals surface area contributed by atoms with Crippen LogP contribution in [0.1, 0.15) is 50.7 Å². The second kappa shape index (κ2) is 10.5. The van der Waals surface area contributed by atoms with Crippen LogP contribution in [0.3, 0.4) is 0 Å². The lowest BCUT2D eigenvalue weighted by Crippen LogP contribution is -2.25. The number of hydrogen-bond donors (Lipinski definition) is 1. The molecule has 1 N–H and O–H groups in total. The van der Waals surface area contributed by atoms with Crippen LogP contribution in [-0.4, -0.2) is 34.9 Å². The van der Waals surface area contributed by atoms with Gasteiger partial charge in [0, 0.05) is 17.0 Å². The first-order chi connectivity index (χ1) is 16.6. The molecule has 0 saturated carbocycles. The number of thiophene rings is 1. The Balaban J connectivity index is 2.18. The largest absolute Gasteiger partial charge is 0.462 e. The van der Waals surface area contributed by atoms with Crippen LogP contribution in [0.15, 0.2) is 46.2 Å². The summed E-state index contributed by atoms with van der Waals surface area (Å²) >= 11 is 1.14. The average Bonchev–Trinajstić information content (AvgIpc) is 3.24. The lowest BCUT2D eigenvalue weighted by atomic mass is 9.87. The molecule has 0 bridgehead atoms. The van der Waals surface area contributed by atoms with E-state index in [1.165, 1.54) is 6.20 Å². The van der Waals surface area contributed by atoms with Crippen molar-refractivity contribution in [1.82, 2.24) is 9.78 Å². The summed E-state index contributed by atoms with van der Waals surface area (Å²) in [6.45, 7) is 9.82. The van der Waals surface area contributed by atoms with Gasteiger partial charge in [-0.1, -0.05) is 32.9 Å². The standard InChI is InChI=1S/C25H26N4O5S/c1-6-33-23(31)15(12-26)13-27-21-19-18(14-35-21)20(24(32)34-7-2)28-29(22(19)30)17-10-8-16(9-11-17)25(3,4)5/h8-11,13-14,27H,6-7H2,1-5H3. The smallest absolute Gasteiger partial charge is 0.359 e. The Hall–Kier alpha value is -3.97. The Morgan fingerprint density at radius 3 is 2.40 bits per heavy atom. The van der Waals surface area contributed by atoms with Crippen LogP contribution in [0.5, 0.6) is 0 Å². The number of nitrogens with one attached hydrogen (secondary N) is 1. The Morgan fingerprint density at radius 2 is 1.83 bits per heavy atom. The highest BCUT2D eigenvalue weighted by Gasteiger charge is 2.23. The van der Waals surface area contributed by atoms with E-state index in [1.54, 1.807) is 37.4 Å². The summed E-state index contributed by atoms with van der Waals surface area (Å²) < 4.78 is 11.2. The van der Waals surface area contributed by atoms with Gasteiger partial charge in [0.05, 0.1) is 24.3 Å². The molecule has 0 unspecified atom stereocenters. The first kappa shape index (κ1) is 25.6. The predicted molar refractivity (Wildman–Crippen MR) is 134 cm³/mol. The summed E-state index contributed by atoms with van der Waals surface area (Å²) in [5.74, 6) is -1.45. The zero-order valence-corrected chi connectivity index (χ0v) is 21.0. The molecular formula is C25H26N4O5S. The Labute approximate surface area is 206 Å². The van der Waals surface area contributed by atoms with E-state index in [0.29, 0.717) is 16.1 Å². The summed E-state index contributed by atoms with van der Waals surface area (Å²) in [7, 11) is 0. The minimum Gasteiger partial charge on any atom is -0.462 e. The van der Waals surface area contributed by atoms with Crippen LogP contribution in [0.25, 0.3) is 16.5 Å². The number of carbonyl (C=O) groups is 2. The van der Waals surface area contributed by atoms with Crippen molar-refractivity contribution in [2.45, 2.75) is 40.0 Å². The fourth-order valence-electron chi connectivity index (χ4n) is 3.27. The van der Waals surface area contributed by atoms with Crippen molar-refractivity contribution < 1.29 is 19.1 Å². The van der Waals surface area contributed by atoms with Gasteiger partial charge in [-0.15, -0.1) is 11.3 Å². The minimum atomic E-state index is -0.784. The average molecular weight is 495 g/mol. The van der Waals surface area contributed by atoms with Crippen molar-refractivity contribution in [1.29, 1.82) is 5.26 Å². The number of fused-ring (bicyclic) bond motifs is 1. The third kappa shape index (κ3) is 5.41. The maximum Gasteiger partial charge on any atom is 0.359 e. The van der Waals surface area contributed by atoms with Crippen molar-refractivity contribution in [3.63, 3.8) is 0 Å². The second-order valence-electron chi connectivity index (χ2n) is 8.47. The SMILES string of the molecule is CCOC(=O)C(C#N)=CNc1scc2c(C(=O)OCC)nn(-c3ccc(C(C)(C)C)cc3)c(=O)c12. The molecule has 0 saturated heterocycles. The molecule has 2 aromatic heterocycles. The van der Waals surface area contributed by atoms with E-state index in [0.717, 1.165) is 21.6 Å². The molecule has 2 heterocycles.